The molecule has 0 saturated carbocycles. The average Bonchev–Trinajstić information content (AvgIpc) is 3.14. The van der Waals surface area contributed by atoms with E-state index in [2.05, 4.69) is 37.9 Å². The van der Waals surface area contributed by atoms with Gasteiger partial charge in [0.2, 0.25) is 5.91 Å². The number of para-hydroxylation sites is 1. The van der Waals surface area contributed by atoms with Gasteiger partial charge < -0.3 is 5.32 Å². The number of amides is 1. The van der Waals surface area contributed by atoms with Crippen molar-refractivity contribution in [3.05, 3.63) is 42.1 Å². The van der Waals surface area contributed by atoms with E-state index in [0.717, 1.165) is 30.3 Å². The van der Waals surface area contributed by atoms with E-state index >= 15 is 0 Å². The second-order valence-corrected chi connectivity index (χ2v) is 8.09. The molecule has 2 aromatic rings. The first-order valence-corrected chi connectivity index (χ1v) is 9.01. The molecule has 0 radical (unpaired) electrons. The van der Waals surface area contributed by atoms with Crippen molar-refractivity contribution in [3.8, 4) is 5.69 Å². The Kier molecular flexibility index (Phi) is 4.95. The highest BCUT2D eigenvalue weighted by atomic mass is 16.2. The first-order chi connectivity index (χ1) is 11.8. The molecular formula is C20H28N4O. The van der Waals surface area contributed by atoms with Gasteiger partial charge in [-0.1, -0.05) is 45.9 Å². The zero-order valence-electron chi connectivity index (χ0n) is 15.6. The summed E-state index contributed by atoms with van der Waals surface area (Å²) in [6.07, 6.45) is 1.17. The van der Waals surface area contributed by atoms with E-state index in [-0.39, 0.29) is 11.3 Å². The van der Waals surface area contributed by atoms with Gasteiger partial charge in [0.15, 0.2) is 0 Å². The monoisotopic (exact) mass is 340 g/mol. The van der Waals surface area contributed by atoms with Crippen LogP contribution in [-0.4, -0.2) is 40.2 Å². The predicted molar refractivity (Wildman–Crippen MR) is 101 cm³/mol. The van der Waals surface area contributed by atoms with Gasteiger partial charge >= 0.3 is 0 Å². The Hall–Kier alpha value is -2.14. The van der Waals surface area contributed by atoms with Crippen LogP contribution in [-0.2, 0) is 10.2 Å². The number of hydrogen-bond acceptors (Lipinski definition) is 3. The molecule has 0 aliphatic carbocycles. The lowest BCUT2D eigenvalue weighted by Gasteiger charge is -2.15. The summed E-state index contributed by atoms with van der Waals surface area (Å²) in [5.41, 5.74) is 1.83. The van der Waals surface area contributed by atoms with Crippen LogP contribution in [0.25, 0.3) is 5.69 Å². The fourth-order valence-corrected chi connectivity index (χ4v) is 3.16. The van der Waals surface area contributed by atoms with E-state index in [1.165, 1.54) is 6.42 Å². The summed E-state index contributed by atoms with van der Waals surface area (Å²) in [4.78, 5) is 14.7. The lowest BCUT2D eigenvalue weighted by Crippen LogP contribution is -2.32. The number of rotatable bonds is 4. The molecule has 2 heterocycles. The number of likely N-dealkylation sites (tertiary alicyclic amines) is 1. The highest BCUT2D eigenvalue weighted by molar-refractivity contribution is 5.91. The van der Waals surface area contributed by atoms with E-state index in [1.807, 2.05) is 41.1 Å². The van der Waals surface area contributed by atoms with Gasteiger partial charge in [-0.25, -0.2) is 4.68 Å². The SMILES string of the molecule is CC1CCN(CC(=O)Nc2cc(C(C)(C)C)nn2-c2ccccc2)C1. The van der Waals surface area contributed by atoms with Crippen molar-refractivity contribution in [2.75, 3.05) is 25.0 Å². The van der Waals surface area contributed by atoms with Crippen LogP contribution < -0.4 is 5.32 Å². The fraction of sp³-hybridized carbons (Fsp3) is 0.500. The lowest BCUT2D eigenvalue weighted by molar-refractivity contribution is -0.117. The van der Waals surface area contributed by atoms with Gasteiger partial charge in [-0.15, -0.1) is 0 Å². The lowest BCUT2D eigenvalue weighted by atomic mass is 9.92. The van der Waals surface area contributed by atoms with Gasteiger partial charge in [-0.2, -0.15) is 5.10 Å². The van der Waals surface area contributed by atoms with Crippen LogP contribution in [0.5, 0.6) is 0 Å². The summed E-state index contributed by atoms with van der Waals surface area (Å²) in [7, 11) is 0. The van der Waals surface area contributed by atoms with Crippen molar-refractivity contribution in [1.82, 2.24) is 14.7 Å². The maximum atomic E-state index is 12.5. The molecule has 3 rings (SSSR count). The smallest absolute Gasteiger partial charge is 0.239 e. The van der Waals surface area contributed by atoms with E-state index in [0.29, 0.717) is 12.5 Å². The number of nitrogens with one attached hydrogen (secondary N) is 1. The van der Waals surface area contributed by atoms with Crippen LogP contribution in [0.2, 0.25) is 0 Å². The van der Waals surface area contributed by atoms with Gasteiger partial charge in [0, 0.05) is 18.0 Å². The number of carbonyl (C=O) groups is 1. The second-order valence-electron chi connectivity index (χ2n) is 8.09. The Balaban J connectivity index is 1.81. The number of carbonyl (C=O) groups excluding carboxylic acids is 1. The molecular weight excluding hydrogens is 312 g/mol. The number of hydrogen-bond donors (Lipinski definition) is 1. The molecule has 134 valence electrons. The highest BCUT2D eigenvalue weighted by Crippen LogP contribution is 2.26. The normalized spacial score (nSPS) is 18.5. The Morgan fingerprint density at radius 2 is 2.00 bits per heavy atom. The molecule has 0 spiro atoms. The molecule has 0 bridgehead atoms. The van der Waals surface area contributed by atoms with Crippen LogP contribution in [0, 0.1) is 5.92 Å². The quantitative estimate of drug-likeness (QED) is 0.927. The van der Waals surface area contributed by atoms with E-state index in [1.54, 1.807) is 0 Å². The molecule has 1 N–H and O–H groups in total. The fourth-order valence-electron chi connectivity index (χ4n) is 3.16. The summed E-state index contributed by atoms with van der Waals surface area (Å²) >= 11 is 0. The molecule has 1 unspecified atom stereocenters. The maximum Gasteiger partial charge on any atom is 0.239 e. The Bertz CT molecular complexity index is 730. The molecule has 25 heavy (non-hydrogen) atoms. The molecule has 1 saturated heterocycles. The Morgan fingerprint density at radius 3 is 2.60 bits per heavy atom. The van der Waals surface area contributed by atoms with Crippen molar-refractivity contribution in [2.24, 2.45) is 5.92 Å². The Labute approximate surface area is 150 Å². The van der Waals surface area contributed by atoms with Crippen LogP contribution in [0.4, 0.5) is 5.82 Å². The summed E-state index contributed by atoms with van der Waals surface area (Å²) in [5.74, 6) is 1.43. The van der Waals surface area contributed by atoms with E-state index in [9.17, 15) is 4.79 Å². The Morgan fingerprint density at radius 1 is 1.28 bits per heavy atom. The summed E-state index contributed by atoms with van der Waals surface area (Å²) < 4.78 is 1.82. The van der Waals surface area contributed by atoms with E-state index < -0.39 is 0 Å². The standard InChI is InChI=1S/C20H28N4O/c1-15-10-11-23(13-15)14-19(25)21-18-12-17(20(2,3)4)22-24(18)16-8-6-5-7-9-16/h5-9,12,15H,10-11,13-14H2,1-4H3,(H,21,25). The van der Waals surface area contributed by atoms with Crippen LogP contribution in [0.1, 0.15) is 39.8 Å². The van der Waals surface area contributed by atoms with Gasteiger partial charge in [0.1, 0.15) is 5.82 Å². The van der Waals surface area contributed by atoms with Gasteiger partial charge in [0.25, 0.3) is 0 Å². The summed E-state index contributed by atoms with van der Waals surface area (Å²) in [6, 6.07) is 11.9. The van der Waals surface area contributed by atoms with Crippen molar-refractivity contribution < 1.29 is 4.79 Å². The first-order valence-electron chi connectivity index (χ1n) is 9.01. The summed E-state index contributed by atoms with van der Waals surface area (Å²) in [6.45, 7) is 11.1. The molecule has 1 amide bonds. The van der Waals surface area contributed by atoms with Crippen LogP contribution >= 0.6 is 0 Å². The first kappa shape index (κ1) is 17.7. The van der Waals surface area contributed by atoms with Crippen molar-refractivity contribution in [3.63, 3.8) is 0 Å². The second kappa shape index (κ2) is 7.00. The molecule has 1 fully saturated rings. The minimum Gasteiger partial charge on any atom is -0.309 e. The minimum absolute atomic E-state index is 0.0200. The largest absolute Gasteiger partial charge is 0.309 e. The molecule has 1 aromatic heterocycles. The molecule has 1 aliphatic rings. The van der Waals surface area contributed by atoms with Crippen molar-refractivity contribution >= 4 is 11.7 Å². The third kappa shape index (κ3) is 4.28. The predicted octanol–water partition coefficient (Wildman–Crippen LogP) is 3.45. The van der Waals surface area contributed by atoms with Gasteiger partial charge in [-0.05, 0) is 31.0 Å². The van der Waals surface area contributed by atoms with Gasteiger partial charge in [0.05, 0.1) is 17.9 Å². The zero-order valence-corrected chi connectivity index (χ0v) is 15.6. The third-order valence-electron chi connectivity index (χ3n) is 4.62. The number of benzene rings is 1. The average molecular weight is 340 g/mol. The van der Waals surface area contributed by atoms with Crippen molar-refractivity contribution in [1.29, 1.82) is 0 Å². The molecule has 5 nitrogen and oxygen atoms in total. The van der Waals surface area contributed by atoms with Gasteiger partial charge in [-0.3, -0.25) is 9.69 Å². The molecule has 1 atom stereocenters. The minimum atomic E-state index is -0.0795. The van der Waals surface area contributed by atoms with Crippen LogP contribution in [0.15, 0.2) is 36.4 Å². The number of nitrogens with zero attached hydrogens (tertiary/aromatic N) is 3. The zero-order chi connectivity index (χ0) is 18.0. The number of aromatic nitrogens is 2. The van der Waals surface area contributed by atoms with Crippen LogP contribution in [0.3, 0.4) is 0 Å². The van der Waals surface area contributed by atoms with E-state index in [4.69, 9.17) is 5.10 Å². The van der Waals surface area contributed by atoms with Crippen molar-refractivity contribution in [2.45, 2.75) is 39.5 Å². The third-order valence-corrected chi connectivity index (χ3v) is 4.62. The highest BCUT2D eigenvalue weighted by Gasteiger charge is 2.23. The molecule has 5 heteroatoms. The summed E-state index contributed by atoms with van der Waals surface area (Å²) in [5, 5.41) is 7.80. The maximum absolute atomic E-state index is 12.5. The number of anilines is 1. The molecule has 1 aliphatic heterocycles. The topological polar surface area (TPSA) is 50.2 Å². The molecule has 1 aromatic carbocycles.